The molecule has 0 aliphatic heterocycles. The zero-order valence-corrected chi connectivity index (χ0v) is 9.36. The van der Waals surface area contributed by atoms with Crippen LogP contribution in [0.2, 0.25) is 5.15 Å². The largest absolute Gasteiger partial charge is 0.378 e. The monoisotopic (exact) mass is 239 g/mol. The van der Waals surface area contributed by atoms with Gasteiger partial charge in [-0.2, -0.15) is 0 Å². The highest BCUT2D eigenvalue weighted by Gasteiger charge is 2.08. The van der Waals surface area contributed by atoms with Crippen molar-refractivity contribution >= 4 is 11.6 Å². The topological polar surface area (TPSA) is 59.9 Å². The van der Waals surface area contributed by atoms with Gasteiger partial charge in [-0.3, -0.25) is 9.89 Å². The summed E-state index contributed by atoms with van der Waals surface area (Å²) in [5, 5.41) is 3.17. The van der Waals surface area contributed by atoms with Gasteiger partial charge in [-0.15, -0.1) is 0 Å². The van der Waals surface area contributed by atoms with Crippen molar-refractivity contribution in [2.45, 2.75) is 6.61 Å². The summed E-state index contributed by atoms with van der Waals surface area (Å²) < 4.78 is 6.27. The molecule has 0 aromatic carbocycles. The molecule has 0 amide bonds. The first kappa shape index (κ1) is 10.9. The summed E-state index contributed by atoms with van der Waals surface area (Å²) >= 11 is 5.89. The van der Waals surface area contributed by atoms with E-state index < -0.39 is 0 Å². The number of rotatable bonds is 3. The summed E-state index contributed by atoms with van der Waals surface area (Å²) in [6, 6.07) is 4.89. The molecule has 5 nitrogen and oxygen atoms in total. The van der Waals surface area contributed by atoms with Gasteiger partial charge in [0.1, 0.15) is 5.69 Å². The zero-order valence-electron chi connectivity index (χ0n) is 8.61. The number of methoxy groups -OCH3 is 1. The van der Waals surface area contributed by atoms with Crippen molar-refractivity contribution in [1.82, 2.24) is 14.8 Å². The molecule has 2 rings (SSSR count). The highest BCUT2D eigenvalue weighted by Crippen LogP contribution is 2.14. The number of nitrogens with one attached hydrogen (secondary N) is 1. The molecular formula is C10H10ClN3O2. The molecule has 84 valence electrons. The second-order valence-electron chi connectivity index (χ2n) is 3.20. The van der Waals surface area contributed by atoms with E-state index in [4.69, 9.17) is 16.3 Å². The zero-order chi connectivity index (χ0) is 11.5. The van der Waals surface area contributed by atoms with E-state index in [0.717, 1.165) is 0 Å². The number of halogens is 1. The van der Waals surface area contributed by atoms with E-state index in [-0.39, 0.29) is 10.7 Å². The number of ether oxygens (including phenoxy) is 1. The molecule has 2 heterocycles. The molecule has 0 bridgehead atoms. The predicted molar refractivity (Wildman–Crippen MR) is 59.9 cm³/mol. The van der Waals surface area contributed by atoms with Crippen LogP contribution < -0.4 is 5.56 Å². The first-order chi connectivity index (χ1) is 7.72. The number of hydrogen-bond acceptors (Lipinski definition) is 3. The van der Waals surface area contributed by atoms with E-state index in [9.17, 15) is 4.79 Å². The van der Waals surface area contributed by atoms with Gasteiger partial charge in [0, 0.05) is 19.4 Å². The van der Waals surface area contributed by atoms with Gasteiger partial charge in [0.25, 0.3) is 5.56 Å². The van der Waals surface area contributed by atoms with Gasteiger partial charge in [0.05, 0.1) is 12.3 Å². The molecule has 16 heavy (non-hydrogen) atoms. The molecule has 0 fully saturated rings. The Hall–Kier alpha value is -1.59. The van der Waals surface area contributed by atoms with E-state index in [2.05, 4.69) is 10.1 Å². The maximum Gasteiger partial charge on any atom is 0.271 e. The maximum atomic E-state index is 11.7. The van der Waals surface area contributed by atoms with Crippen molar-refractivity contribution < 1.29 is 4.74 Å². The fraction of sp³-hybridized carbons (Fsp3) is 0.200. The normalized spacial score (nSPS) is 10.6. The number of aromatic amines is 1. The fourth-order valence-corrected chi connectivity index (χ4v) is 1.60. The lowest BCUT2D eigenvalue weighted by atomic mass is 10.4. The molecule has 0 saturated heterocycles. The van der Waals surface area contributed by atoms with Gasteiger partial charge in [-0.05, 0) is 12.1 Å². The Balaban J connectivity index is 2.48. The highest BCUT2D eigenvalue weighted by atomic mass is 35.5. The van der Waals surface area contributed by atoms with Crippen molar-refractivity contribution in [2.24, 2.45) is 0 Å². The Kier molecular flexibility index (Phi) is 3.07. The van der Waals surface area contributed by atoms with Crippen LogP contribution in [0.5, 0.6) is 0 Å². The Morgan fingerprint density at radius 3 is 3.12 bits per heavy atom. The number of aromatic nitrogens is 3. The van der Waals surface area contributed by atoms with Crippen LogP contribution in [0, 0.1) is 0 Å². The van der Waals surface area contributed by atoms with Gasteiger partial charge in [0.15, 0.2) is 5.15 Å². The lowest BCUT2D eigenvalue weighted by molar-refractivity contribution is 0.181. The minimum Gasteiger partial charge on any atom is -0.378 e. The van der Waals surface area contributed by atoms with E-state index >= 15 is 0 Å². The highest BCUT2D eigenvalue weighted by molar-refractivity contribution is 6.31. The number of H-pyrrole nitrogens is 1. The Morgan fingerprint density at radius 1 is 1.62 bits per heavy atom. The quantitative estimate of drug-likeness (QED) is 0.823. The summed E-state index contributed by atoms with van der Waals surface area (Å²) in [5.41, 5.74) is 1.02. The summed E-state index contributed by atoms with van der Waals surface area (Å²) in [4.78, 5) is 15.6. The molecule has 0 unspecified atom stereocenters. The molecule has 0 saturated carbocycles. The Bertz CT molecular complexity index is 547. The van der Waals surface area contributed by atoms with Gasteiger partial charge in [-0.1, -0.05) is 11.6 Å². The minimum atomic E-state index is -0.193. The number of pyridine rings is 1. The van der Waals surface area contributed by atoms with E-state index in [1.54, 1.807) is 25.4 Å². The lowest BCUT2D eigenvalue weighted by Crippen LogP contribution is -2.14. The van der Waals surface area contributed by atoms with Crippen LogP contribution in [0.1, 0.15) is 5.69 Å². The first-order valence-electron chi connectivity index (χ1n) is 4.63. The van der Waals surface area contributed by atoms with Crippen LogP contribution >= 0.6 is 11.6 Å². The molecule has 2 aromatic heterocycles. The Morgan fingerprint density at radius 2 is 2.44 bits per heavy atom. The van der Waals surface area contributed by atoms with Crippen molar-refractivity contribution in [3.8, 4) is 5.69 Å². The van der Waals surface area contributed by atoms with Crippen molar-refractivity contribution in [3.63, 3.8) is 0 Å². The predicted octanol–water partition coefficient (Wildman–Crippen LogP) is 1.36. The van der Waals surface area contributed by atoms with Crippen LogP contribution in [0.4, 0.5) is 0 Å². The van der Waals surface area contributed by atoms with Gasteiger partial charge in [0.2, 0.25) is 0 Å². The maximum absolute atomic E-state index is 11.7. The van der Waals surface area contributed by atoms with Crippen LogP contribution in [0.3, 0.4) is 0 Å². The average molecular weight is 240 g/mol. The lowest BCUT2D eigenvalue weighted by Gasteiger charge is -2.02. The van der Waals surface area contributed by atoms with Gasteiger partial charge < -0.3 is 4.74 Å². The van der Waals surface area contributed by atoms with Crippen LogP contribution in [0.25, 0.3) is 5.69 Å². The second kappa shape index (κ2) is 4.51. The molecule has 6 heteroatoms. The summed E-state index contributed by atoms with van der Waals surface area (Å²) in [6.45, 7) is 0.347. The third-order valence-corrected chi connectivity index (χ3v) is 2.34. The molecule has 1 N–H and O–H groups in total. The summed E-state index contributed by atoms with van der Waals surface area (Å²) in [6.07, 6.45) is 1.57. The smallest absolute Gasteiger partial charge is 0.271 e. The average Bonchev–Trinajstić information content (AvgIpc) is 2.61. The van der Waals surface area contributed by atoms with Crippen LogP contribution in [-0.2, 0) is 11.3 Å². The summed E-state index contributed by atoms with van der Waals surface area (Å²) in [5.74, 6) is 0. The van der Waals surface area contributed by atoms with Crippen molar-refractivity contribution in [1.29, 1.82) is 0 Å². The molecule has 0 aliphatic rings. The van der Waals surface area contributed by atoms with Gasteiger partial charge >= 0.3 is 0 Å². The molecule has 0 aliphatic carbocycles. The Labute approximate surface area is 96.6 Å². The van der Waals surface area contributed by atoms with Crippen molar-refractivity contribution in [2.75, 3.05) is 7.11 Å². The van der Waals surface area contributed by atoms with Crippen LogP contribution in [-0.4, -0.2) is 21.9 Å². The van der Waals surface area contributed by atoms with E-state index in [1.807, 2.05) is 0 Å². The molecule has 0 radical (unpaired) electrons. The summed E-state index contributed by atoms with van der Waals surface area (Å²) in [7, 11) is 1.56. The third kappa shape index (κ3) is 2.00. The van der Waals surface area contributed by atoms with Gasteiger partial charge in [-0.25, -0.2) is 9.67 Å². The van der Waals surface area contributed by atoms with Crippen LogP contribution in [0.15, 0.2) is 29.2 Å². The third-order valence-electron chi connectivity index (χ3n) is 2.05. The number of nitrogens with zero attached hydrogens (tertiary/aromatic N) is 2. The molecular weight excluding hydrogens is 230 g/mol. The first-order valence-corrected chi connectivity index (χ1v) is 5.01. The molecule has 2 aromatic rings. The number of hydrogen-bond donors (Lipinski definition) is 1. The van der Waals surface area contributed by atoms with E-state index in [1.165, 1.54) is 10.7 Å². The van der Waals surface area contributed by atoms with E-state index in [0.29, 0.717) is 18.0 Å². The molecule has 0 atom stereocenters. The standard InChI is InChI=1S/C10H10ClN3O2/c1-16-6-7-5-9(15)14(13-7)8-3-2-4-12-10(8)11/h2-5,13H,6H2,1H3. The fourth-order valence-electron chi connectivity index (χ4n) is 1.40. The SMILES string of the molecule is COCc1cc(=O)n(-c2cccnc2Cl)[nH]1. The minimum absolute atomic E-state index is 0.193. The molecule has 0 spiro atoms. The van der Waals surface area contributed by atoms with Crippen molar-refractivity contribution in [3.05, 3.63) is 45.6 Å². The second-order valence-corrected chi connectivity index (χ2v) is 3.56.